The molecule has 3 aromatic heterocycles. The number of nitrogens with one attached hydrogen (secondary N) is 2. The summed E-state index contributed by atoms with van der Waals surface area (Å²) < 4.78 is 3.16. The van der Waals surface area contributed by atoms with E-state index in [-0.39, 0.29) is 0 Å². The summed E-state index contributed by atoms with van der Waals surface area (Å²) in [6.07, 6.45) is 7.77. The topological polar surface area (TPSA) is 54.2 Å². The van der Waals surface area contributed by atoms with E-state index in [1.165, 1.54) is 37.9 Å². The number of rotatable bonds is 3. The minimum absolute atomic E-state index is 0.539. The van der Waals surface area contributed by atoms with Gasteiger partial charge in [-0.25, -0.2) is 9.97 Å². The minimum Gasteiger partial charge on any atom is -0.367 e. The third kappa shape index (κ3) is 2.72. The molecule has 0 atom stereocenters. The van der Waals surface area contributed by atoms with Crippen LogP contribution in [0.1, 0.15) is 24.8 Å². The second-order valence-corrected chi connectivity index (χ2v) is 8.61. The molecule has 26 heavy (non-hydrogen) atoms. The highest BCUT2D eigenvalue weighted by Gasteiger charge is 2.45. The first kappa shape index (κ1) is 16.3. The Morgan fingerprint density at radius 2 is 2.23 bits per heavy atom. The van der Waals surface area contributed by atoms with Gasteiger partial charge in [-0.05, 0) is 77.8 Å². The zero-order chi connectivity index (χ0) is 17.7. The fourth-order valence-electron chi connectivity index (χ4n) is 4.38. The van der Waals surface area contributed by atoms with E-state index in [4.69, 9.17) is 4.98 Å². The van der Waals surface area contributed by atoms with Crippen LogP contribution < -0.4 is 10.6 Å². The number of anilines is 1. The SMILES string of the molecule is Cc1cc2ncc(-c3cccc(NC4CC5(CCNC5)C4)n3)n2cc1Br. The summed E-state index contributed by atoms with van der Waals surface area (Å²) in [5.41, 5.74) is 4.61. The normalized spacial score (nSPS) is 24.9. The van der Waals surface area contributed by atoms with E-state index in [2.05, 4.69) is 67.3 Å². The van der Waals surface area contributed by atoms with Crippen LogP contribution >= 0.6 is 15.9 Å². The van der Waals surface area contributed by atoms with Gasteiger partial charge in [-0.3, -0.25) is 4.40 Å². The summed E-state index contributed by atoms with van der Waals surface area (Å²) in [6.45, 7) is 4.42. The van der Waals surface area contributed by atoms with Gasteiger partial charge in [0.2, 0.25) is 0 Å². The first-order valence-electron chi connectivity index (χ1n) is 9.20. The van der Waals surface area contributed by atoms with Gasteiger partial charge in [0.05, 0.1) is 17.6 Å². The van der Waals surface area contributed by atoms with Crippen LogP contribution in [0.2, 0.25) is 0 Å². The highest BCUT2D eigenvalue weighted by molar-refractivity contribution is 9.10. The van der Waals surface area contributed by atoms with Crippen molar-refractivity contribution in [3.63, 3.8) is 0 Å². The third-order valence-electron chi connectivity index (χ3n) is 5.84. The predicted octanol–water partition coefficient (Wildman–Crippen LogP) is 4.02. The minimum atomic E-state index is 0.539. The molecule has 1 saturated carbocycles. The van der Waals surface area contributed by atoms with E-state index in [0.717, 1.165) is 27.3 Å². The fourth-order valence-corrected chi connectivity index (χ4v) is 4.70. The maximum atomic E-state index is 4.85. The summed E-state index contributed by atoms with van der Waals surface area (Å²) in [7, 11) is 0. The molecule has 2 aliphatic rings. The number of fused-ring (bicyclic) bond motifs is 1. The third-order valence-corrected chi connectivity index (χ3v) is 6.67. The fraction of sp³-hybridized carbons (Fsp3) is 0.400. The molecule has 5 rings (SSSR count). The van der Waals surface area contributed by atoms with Crippen molar-refractivity contribution >= 4 is 27.4 Å². The highest BCUT2D eigenvalue weighted by Crippen LogP contribution is 2.46. The molecule has 4 heterocycles. The van der Waals surface area contributed by atoms with Gasteiger partial charge < -0.3 is 10.6 Å². The van der Waals surface area contributed by atoms with E-state index in [1.54, 1.807) is 0 Å². The maximum absolute atomic E-state index is 4.85. The molecule has 1 spiro atoms. The maximum Gasteiger partial charge on any atom is 0.137 e. The molecular weight excluding hydrogens is 390 g/mol. The van der Waals surface area contributed by atoms with E-state index in [1.807, 2.05) is 12.3 Å². The number of pyridine rings is 2. The lowest BCUT2D eigenvalue weighted by molar-refractivity contribution is 0.141. The van der Waals surface area contributed by atoms with Crippen LogP contribution in [-0.4, -0.2) is 33.5 Å². The van der Waals surface area contributed by atoms with Crippen LogP contribution in [0, 0.1) is 12.3 Å². The molecule has 134 valence electrons. The van der Waals surface area contributed by atoms with Gasteiger partial charge in [0.15, 0.2) is 0 Å². The standard InChI is InChI=1S/C20H22BrN5/c1-13-7-19-23-10-17(26(19)11-15(13)21)16-3-2-4-18(25-16)24-14-8-20(9-14)5-6-22-12-20/h2-4,7,10-11,14,22H,5-6,8-9,12H2,1H3,(H,24,25). The van der Waals surface area contributed by atoms with Gasteiger partial charge in [-0.15, -0.1) is 0 Å². The van der Waals surface area contributed by atoms with E-state index in [0.29, 0.717) is 11.5 Å². The smallest absolute Gasteiger partial charge is 0.137 e. The van der Waals surface area contributed by atoms with Gasteiger partial charge in [0, 0.05) is 23.3 Å². The highest BCUT2D eigenvalue weighted by atomic mass is 79.9. The average Bonchev–Trinajstić information content (AvgIpc) is 3.23. The van der Waals surface area contributed by atoms with Crippen molar-refractivity contribution in [3.05, 3.63) is 46.7 Å². The summed E-state index contributed by atoms with van der Waals surface area (Å²) in [5, 5.41) is 7.12. The Labute approximate surface area is 161 Å². The van der Waals surface area contributed by atoms with Gasteiger partial charge in [0.25, 0.3) is 0 Å². The molecule has 2 fully saturated rings. The van der Waals surface area contributed by atoms with E-state index < -0.39 is 0 Å². The van der Waals surface area contributed by atoms with Gasteiger partial charge >= 0.3 is 0 Å². The van der Waals surface area contributed by atoms with Crippen molar-refractivity contribution in [2.75, 3.05) is 18.4 Å². The first-order valence-corrected chi connectivity index (χ1v) is 9.99. The number of imidazole rings is 1. The van der Waals surface area contributed by atoms with Crippen molar-refractivity contribution in [2.24, 2.45) is 5.41 Å². The van der Waals surface area contributed by atoms with E-state index >= 15 is 0 Å². The number of aryl methyl sites for hydroxylation is 1. The quantitative estimate of drug-likeness (QED) is 0.683. The monoisotopic (exact) mass is 411 g/mol. The largest absolute Gasteiger partial charge is 0.367 e. The summed E-state index contributed by atoms with van der Waals surface area (Å²) in [5.74, 6) is 0.953. The zero-order valence-electron chi connectivity index (χ0n) is 14.8. The van der Waals surface area contributed by atoms with E-state index in [9.17, 15) is 0 Å². The molecule has 0 amide bonds. The first-order chi connectivity index (χ1) is 12.6. The van der Waals surface area contributed by atoms with Gasteiger partial charge in [0.1, 0.15) is 11.5 Å². The number of hydrogen-bond donors (Lipinski definition) is 2. The molecule has 2 N–H and O–H groups in total. The Hall–Kier alpha value is -1.92. The van der Waals surface area contributed by atoms with Crippen LogP contribution in [0.5, 0.6) is 0 Å². The summed E-state index contributed by atoms with van der Waals surface area (Å²) in [6, 6.07) is 8.80. The lowest BCUT2D eigenvalue weighted by atomic mass is 9.65. The number of nitrogens with zero attached hydrogens (tertiary/aromatic N) is 3. The van der Waals surface area contributed by atoms with Gasteiger partial charge in [-0.2, -0.15) is 0 Å². The molecule has 0 bridgehead atoms. The lowest BCUT2D eigenvalue weighted by Gasteiger charge is -2.45. The van der Waals surface area contributed by atoms with Crippen molar-refractivity contribution in [1.82, 2.24) is 19.7 Å². The summed E-state index contributed by atoms with van der Waals surface area (Å²) in [4.78, 5) is 9.39. The molecule has 5 nitrogen and oxygen atoms in total. The van der Waals surface area contributed by atoms with Gasteiger partial charge in [-0.1, -0.05) is 6.07 Å². The Balaban J connectivity index is 1.39. The lowest BCUT2D eigenvalue weighted by Crippen LogP contribution is -2.46. The number of aromatic nitrogens is 3. The van der Waals surface area contributed by atoms with Crippen LogP contribution in [0.4, 0.5) is 5.82 Å². The molecule has 0 aromatic carbocycles. The number of halogens is 1. The Kier molecular flexibility index (Phi) is 3.79. The molecular formula is C20H22BrN5. The Morgan fingerprint density at radius 3 is 3.04 bits per heavy atom. The average molecular weight is 412 g/mol. The predicted molar refractivity (Wildman–Crippen MR) is 107 cm³/mol. The second-order valence-electron chi connectivity index (χ2n) is 7.76. The van der Waals surface area contributed by atoms with Crippen LogP contribution in [0.25, 0.3) is 17.0 Å². The van der Waals surface area contributed by atoms with Crippen LogP contribution in [-0.2, 0) is 0 Å². The molecule has 1 saturated heterocycles. The molecule has 1 aliphatic heterocycles. The molecule has 6 heteroatoms. The Morgan fingerprint density at radius 1 is 1.35 bits per heavy atom. The molecule has 0 unspecified atom stereocenters. The van der Waals surface area contributed by atoms with Crippen molar-refractivity contribution in [1.29, 1.82) is 0 Å². The Bertz CT molecular complexity index is 965. The summed E-state index contributed by atoms with van der Waals surface area (Å²) >= 11 is 3.61. The zero-order valence-corrected chi connectivity index (χ0v) is 16.4. The van der Waals surface area contributed by atoms with Crippen molar-refractivity contribution in [3.8, 4) is 11.4 Å². The van der Waals surface area contributed by atoms with Crippen LogP contribution in [0.3, 0.4) is 0 Å². The molecule has 3 aromatic rings. The molecule has 1 aliphatic carbocycles. The molecule has 0 radical (unpaired) electrons. The number of hydrogen-bond acceptors (Lipinski definition) is 4. The second kappa shape index (κ2) is 6.06. The van der Waals surface area contributed by atoms with Crippen molar-refractivity contribution in [2.45, 2.75) is 32.2 Å². The van der Waals surface area contributed by atoms with Crippen LogP contribution in [0.15, 0.2) is 41.1 Å². The van der Waals surface area contributed by atoms with Crippen molar-refractivity contribution < 1.29 is 0 Å².